The maximum atomic E-state index is 12.8. The molecule has 0 aliphatic carbocycles. The molecule has 0 aromatic heterocycles. The Morgan fingerprint density at radius 2 is 2.08 bits per heavy atom. The fourth-order valence-electron chi connectivity index (χ4n) is 3.17. The number of fused-ring (bicyclic) bond motifs is 3. The third kappa shape index (κ3) is 3.02. The van der Waals surface area contributed by atoms with Crippen LogP contribution in [0.4, 0.5) is 5.69 Å². The van der Waals surface area contributed by atoms with E-state index in [1.54, 1.807) is 0 Å². The van der Waals surface area contributed by atoms with Gasteiger partial charge in [-0.3, -0.25) is 9.80 Å². The Hall–Kier alpha value is -1.99. The van der Waals surface area contributed by atoms with Crippen LogP contribution in [0, 0.1) is 0 Å². The molecule has 2 heterocycles. The summed E-state index contributed by atoms with van der Waals surface area (Å²) in [6.45, 7) is 2.04. The second-order valence-electron chi connectivity index (χ2n) is 5.80. The largest absolute Gasteiger partial charge is 0.360 e. The molecule has 0 radical (unpaired) electrons. The Balaban J connectivity index is 1.84. The molecule has 0 fully saturated rings. The highest BCUT2D eigenvalue weighted by Gasteiger charge is 2.41. The topological polar surface area (TPSA) is 56.7 Å². The van der Waals surface area contributed by atoms with Crippen LogP contribution in [0.25, 0.3) is 0 Å². The number of rotatable bonds is 2. The van der Waals surface area contributed by atoms with Crippen LogP contribution >= 0.6 is 27.7 Å². The van der Waals surface area contributed by atoms with Crippen molar-refractivity contribution in [2.75, 3.05) is 11.1 Å². The van der Waals surface area contributed by atoms with E-state index in [0.29, 0.717) is 5.17 Å². The summed E-state index contributed by atoms with van der Waals surface area (Å²) in [6.07, 6.45) is -0.212. The van der Waals surface area contributed by atoms with Crippen molar-refractivity contribution in [2.24, 2.45) is 5.10 Å². The summed E-state index contributed by atoms with van der Waals surface area (Å²) in [5.41, 5.74) is 2.95. The Kier molecular flexibility index (Phi) is 4.43. The second-order valence-corrected chi connectivity index (χ2v) is 7.97. The van der Waals surface area contributed by atoms with E-state index in [9.17, 15) is 4.79 Å². The van der Waals surface area contributed by atoms with Gasteiger partial charge in [0.25, 0.3) is 5.91 Å². The van der Waals surface area contributed by atoms with Crippen molar-refractivity contribution < 1.29 is 4.79 Å². The van der Waals surface area contributed by atoms with E-state index in [1.807, 2.05) is 54.4 Å². The Morgan fingerprint density at radius 1 is 1.24 bits per heavy atom. The standard InChI is InChI=1S/C18H17BrN4OS/c1-2-25-18-21-17(24)15-13-8-3-4-9-14(13)20-16(23(15)22-18)11-6-5-7-12(19)10-11/h3-10,15-16,20H,2H2,1H3,(H,21,22,24)/t15-,16-/m0/s1. The van der Waals surface area contributed by atoms with Crippen molar-refractivity contribution in [1.82, 2.24) is 10.3 Å². The van der Waals surface area contributed by atoms with Gasteiger partial charge in [0.2, 0.25) is 0 Å². The van der Waals surface area contributed by atoms with Crippen molar-refractivity contribution in [3.05, 3.63) is 64.1 Å². The molecule has 0 saturated carbocycles. The monoisotopic (exact) mass is 416 g/mol. The van der Waals surface area contributed by atoms with Crippen LogP contribution in [0.1, 0.15) is 30.3 Å². The fourth-order valence-corrected chi connectivity index (χ4v) is 4.18. The minimum atomic E-state index is -0.442. The van der Waals surface area contributed by atoms with Gasteiger partial charge in [0.05, 0.1) is 0 Å². The SMILES string of the molecule is CCSC1=NN2[C@@H](c3cccc(Br)c3)Nc3ccccc3[C@H]2C(=O)N1. The molecular weight excluding hydrogens is 400 g/mol. The molecule has 5 nitrogen and oxygen atoms in total. The predicted molar refractivity (Wildman–Crippen MR) is 105 cm³/mol. The first-order chi connectivity index (χ1) is 12.2. The molecule has 0 saturated heterocycles. The molecule has 2 aliphatic heterocycles. The highest BCUT2D eigenvalue weighted by molar-refractivity contribution is 9.10. The van der Waals surface area contributed by atoms with Gasteiger partial charge in [-0.15, -0.1) is 5.10 Å². The number of nitrogens with one attached hydrogen (secondary N) is 2. The van der Waals surface area contributed by atoms with E-state index in [4.69, 9.17) is 5.10 Å². The van der Waals surface area contributed by atoms with Gasteiger partial charge in [0.1, 0.15) is 6.17 Å². The minimum Gasteiger partial charge on any atom is -0.360 e. The van der Waals surface area contributed by atoms with Crippen molar-refractivity contribution in [1.29, 1.82) is 0 Å². The summed E-state index contributed by atoms with van der Waals surface area (Å²) in [6, 6.07) is 15.5. The van der Waals surface area contributed by atoms with Gasteiger partial charge < -0.3 is 10.6 Å². The highest BCUT2D eigenvalue weighted by Crippen LogP contribution is 2.42. The lowest BCUT2D eigenvalue weighted by molar-refractivity contribution is -0.127. The lowest BCUT2D eigenvalue weighted by atomic mass is 9.97. The van der Waals surface area contributed by atoms with Gasteiger partial charge in [0.15, 0.2) is 11.2 Å². The highest BCUT2D eigenvalue weighted by atomic mass is 79.9. The van der Waals surface area contributed by atoms with Crippen LogP contribution in [-0.2, 0) is 4.79 Å². The summed E-state index contributed by atoms with van der Waals surface area (Å²) >= 11 is 5.06. The Morgan fingerprint density at radius 3 is 2.88 bits per heavy atom. The molecule has 128 valence electrons. The number of amides is 1. The number of hydrogen-bond donors (Lipinski definition) is 2. The lowest BCUT2D eigenvalue weighted by Crippen LogP contribution is -2.50. The summed E-state index contributed by atoms with van der Waals surface area (Å²) in [7, 11) is 0. The number of hydrogen-bond acceptors (Lipinski definition) is 5. The maximum absolute atomic E-state index is 12.8. The van der Waals surface area contributed by atoms with Crippen molar-refractivity contribution >= 4 is 44.5 Å². The molecule has 0 bridgehead atoms. The number of benzene rings is 2. The van der Waals surface area contributed by atoms with E-state index < -0.39 is 6.04 Å². The first kappa shape index (κ1) is 16.5. The number of hydrazone groups is 1. The maximum Gasteiger partial charge on any atom is 0.255 e. The van der Waals surface area contributed by atoms with Gasteiger partial charge >= 0.3 is 0 Å². The fraction of sp³-hybridized carbons (Fsp3) is 0.222. The number of para-hydroxylation sites is 1. The van der Waals surface area contributed by atoms with Gasteiger partial charge in [0, 0.05) is 15.7 Å². The van der Waals surface area contributed by atoms with Gasteiger partial charge in [-0.1, -0.05) is 64.9 Å². The average Bonchev–Trinajstić information content (AvgIpc) is 2.61. The average molecular weight is 417 g/mol. The van der Waals surface area contributed by atoms with Crippen LogP contribution in [0.5, 0.6) is 0 Å². The first-order valence-corrected chi connectivity index (χ1v) is 9.87. The number of carbonyl (C=O) groups excluding carboxylic acids is 1. The smallest absolute Gasteiger partial charge is 0.255 e. The van der Waals surface area contributed by atoms with Crippen molar-refractivity contribution in [3.8, 4) is 0 Å². The van der Waals surface area contributed by atoms with E-state index >= 15 is 0 Å². The third-order valence-corrected chi connectivity index (χ3v) is 5.45. The molecular formula is C18H17BrN4OS. The Bertz CT molecular complexity index is 856. The minimum absolute atomic E-state index is 0.0418. The zero-order chi connectivity index (χ0) is 17.4. The molecule has 2 aromatic carbocycles. The second kappa shape index (κ2) is 6.72. The molecule has 4 rings (SSSR count). The van der Waals surface area contributed by atoms with E-state index in [0.717, 1.165) is 27.0 Å². The number of anilines is 1. The van der Waals surface area contributed by atoms with Gasteiger partial charge in [-0.05, 0) is 29.5 Å². The van der Waals surface area contributed by atoms with E-state index in [2.05, 4.69) is 32.6 Å². The normalized spacial score (nSPS) is 21.6. The number of thioether (sulfide) groups is 1. The number of carbonyl (C=O) groups is 1. The summed E-state index contributed by atoms with van der Waals surface area (Å²) in [5.74, 6) is 0.809. The number of halogens is 1. The van der Waals surface area contributed by atoms with Crippen LogP contribution in [0.3, 0.4) is 0 Å². The lowest BCUT2D eigenvalue weighted by Gasteiger charge is -2.43. The number of amidine groups is 1. The van der Waals surface area contributed by atoms with E-state index in [-0.39, 0.29) is 12.1 Å². The van der Waals surface area contributed by atoms with Crippen molar-refractivity contribution in [3.63, 3.8) is 0 Å². The molecule has 2 aliphatic rings. The molecule has 2 aromatic rings. The van der Waals surface area contributed by atoms with E-state index in [1.165, 1.54) is 11.8 Å². The molecule has 1 amide bonds. The molecule has 2 N–H and O–H groups in total. The zero-order valence-corrected chi connectivity index (χ0v) is 16.0. The van der Waals surface area contributed by atoms with Crippen LogP contribution in [0.15, 0.2) is 58.1 Å². The van der Waals surface area contributed by atoms with Gasteiger partial charge in [-0.25, -0.2) is 0 Å². The van der Waals surface area contributed by atoms with Crippen LogP contribution in [0.2, 0.25) is 0 Å². The molecule has 0 unspecified atom stereocenters. The quantitative estimate of drug-likeness (QED) is 0.774. The van der Waals surface area contributed by atoms with Crippen molar-refractivity contribution in [2.45, 2.75) is 19.1 Å². The summed E-state index contributed by atoms with van der Waals surface area (Å²) < 4.78 is 0.996. The molecule has 2 atom stereocenters. The van der Waals surface area contributed by atoms with Gasteiger partial charge in [-0.2, -0.15) is 0 Å². The summed E-state index contributed by atoms with van der Waals surface area (Å²) in [5, 5.41) is 13.7. The van der Waals surface area contributed by atoms with Crippen LogP contribution < -0.4 is 10.6 Å². The number of nitrogens with zero attached hydrogens (tertiary/aromatic N) is 2. The molecule has 0 spiro atoms. The molecule has 7 heteroatoms. The Labute approximate surface area is 159 Å². The molecule has 25 heavy (non-hydrogen) atoms. The summed E-state index contributed by atoms with van der Waals surface area (Å²) in [4.78, 5) is 12.8. The first-order valence-electron chi connectivity index (χ1n) is 8.09. The zero-order valence-electron chi connectivity index (χ0n) is 13.6. The van der Waals surface area contributed by atoms with Crippen LogP contribution in [-0.4, -0.2) is 21.8 Å². The third-order valence-electron chi connectivity index (χ3n) is 4.21. The predicted octanol–water partition coefficient (Wildman–Crippen LogP) is 4.07.